The first-order valence-electron chi connectivity index (χ1n) is 7.44. The van der Waals surface area contributed by atoms with E-state index in [0.29, 0.717) is 10.8 Å². The normalized spacial score (nSPS) is 12.9. The number of rotatable bonds is 7. The third kappa shape index (κ3) is 5.74. The van der Waals surface area contributed by atoms with Crippen LogP contribution in [-0.4, -0.2) is 30.6 Å². The number of amides is 1. The average Bonchev–Trinajstić information content (AvgIpc) is 2.53. The summed E-state index contributed by atoms with van der Waals surface area (Å²) in [6.07, 6.45) is 0. The molecule has 0 unspecified atom stereocenters. The molecule has 1 rings (SSSR count). The highest BCUT2D eigenvalue weighted by Crippen LogP contribution is 2.21. The van der Waals surface area contributed by atoms with Crippen molar-refractivity contribution in [1.29, 1.82) is 5.26 Å². The van der Waals surface area contributed by atoms with Gasteiger partial charge in [0.15, 0.2) is 13.2 Å². The van der Waals surface area contributed by atoms with Gasteiger partial charge in [-0.1, -0.05) is 25.4 Å². The quantitative estimate of drug-likeness (QED) is 0.762. The smallest absolute Gasteiger partial charge is 0.344 e. The van der Waals surface area contributed by atoms with Crippen LogP contribution in [0, 0.1) is 24.2 Å². The number of nitriles is 1. The SMILES string of the molecule is Cc1cc(OCC(=O)OCC(=O)N[C@](C)(C#N)C(C)C)ccc1Cl. The fraction of sp³-hybridized carbons (Fsp3) is 0.471. The van der Waals surface area contributed by atoms with Crippen molar-refractivity contribution in [1.82, 2.24) is 5.32 Å². The Balaban J connectivity index is 2.42. The van der Waals surface area contributed by atoms with Crippen LogP contribution in [0.3, 0.4) is 0 Å². The second-order valence-corrected chi connectivity index (χ2v) is 6.28. The highest BCUT2D eigenvalue weighted by Gasteiger charge is 2.30. The summed E-state index contributed by atoms with van der Waals surface area (Å²) in [6, 6.07) is 7.04. The molecule has 0 heterocycles. The van der Waals surface area contributed by atoms with Crippen LogP contribution in [0.4, 0.5) is 0 Å². The molecule has 0 aliphatic heterocycles. The molecule has 0 saturated heterocycles. The van der Waals surface area contributed by atoms with Gasteiger partial charge in [0.2, 0.25) is 0 Å². The molecule has 1 N–H and O–H groups in total. The fourth-order valence-electron chi connectivity index (χ4n) is 1.66. The lowest BCUT2D eigenvalue weighted by Gasteiger charge is -2.27. The van der Waals surface area contributed by atoms with Crippen LogP contribution in [0.1, 0.15) is 26.3 Å². The number of aryl methyl sites for hydroxylation is 1. The number of esters is 1. The molecule has 0 bridgehead atoms. The van der Waals surface area contributed by atoms with E-state index in [4.69, 9.17) is 26.3 Å². The van der Waals surface area contributed by atoms with Crippen LogP contribution < -0.4 is 10.1 Å². The molecule has 6 nitrogen and oxygen atoms in total. The van der Waals surface area contributed by atoms with Gasteiger partial charge in [-0.05, 0) is 43.5 Å². The van der Waals surface area contributed by atoms with Crippen LogP contribution in [0.15, 0.2) is 18.2 Å². The van der Waals surface area contributed by atoms with E-state index in [0.717, 1.165) is 5.56 Å². The first-order chi connectivity index (χ1) is 11.2. The predicted octanol–water partition coefficient (Wildman–Crippen LogP) is 2.62. The fourth-order valence-corrected chi connectivity index (χ4v) is 1.78. The van der Waals surface area contributed by atoms with Gasteiger partial charge in [0, 0.05) is 5.02 Å². The second-order valence-electron chi connectivity index (χ2n) is 5.88. The summed E-state index contributed by atoms with van der Waals surface area (Å²) in [5.41, 5.74) is -0.188. The van der Waals surface area contributed by atoms with E-state index in [1.807, 2.05) is 26.8 Å². The number of benzene rings is 1. The zero-order valence-electron chi connectivity index (χ0n) is 14.2. The van der Waals surface area contributed by atoms with Crippen molar-refractivity contribution in [2.75, 3.05) is 13.2 Å². The summed E-state index contributed by atoms with van der Waals surface area (Å²) in [5.74, 6) is -0.821. The monoisotopic (exact) mass is 352 g/mol. The van der Waals surface area contributed by atoms with Crippen molar-refractivity contribution < 1.29 is 19.1 Å². The van der Waals surface area contributed by atoms with Gasteiger partial charge in [-0.25, -0.2) is 4.79 Å². The highest BCUT2D eigenvalue weighted by atomic mass is 35.5. The first-order valence-corrected chi connectivity index (χ1v) is 7.82. The van der Waals surface area contributed by atoms with Gasteiger partial charge < -0.3 is 14.8 Å². The molecule has 1 aromatic rings. The van der Waals surface area contributed by atoms with E-state index in [9.17, 15) is 9.59 Å². The maximum atomic E-state index is 11.8. The van der Waals surface area contributed by atoms with E-state index < -0.39 is 24.0 Å². The van der Waals surface area contributed by atoms with Crippen molar-refractivity contribution in [2.45, 2.75) is 33.2 Å². The number of halogens is 1. The van der Waals surface area contributed by atoms with Crippen LogP contribution >= 0.6 is 11.6 Å². The Bertz CT molecular complexity index is 654. The summed E-state index contributed by atoms with van der Waals surface area (Å²) in [6.45, 7) is 6.27. The lowest BCUT2D eigenvalue weighted by Crippen LogP contribution is -2.50. The summed E-state index contributed by atoms with van der Waals surface area (Å²) >= 11 is 5.90. The number of carbonyl (C=O) groups excluding carboxylic acids is 2. The molecular weight excluding hydrogens is 332 g/mol. The largest absolute Gasteiger partial charge is 0.482 e. The summed E-state index contributed by atoms with van der Waals surface area (Å²) in [7, 11) is 0. The van der Waals surface area contributed by atoms with Gasteiger partial charge in [0.25, 0.3) is 5.91 Å². The van der Waals surface area contributed by atoms with Crippen LogP contribution in [0.5, 0.6) is 5.75 Å². The summed E-state index contributed by atoms with van der Waals surface area (Å²) in [5, 5.41) is 12.3. The minimum Gasteiger partial charge on any atom is -0.482 e. The van der Waals surface area contributed by atoms with Crippen molar-refractivity contribution in [3.63, 3.8) is 0 Å². The maximum absolute atomic E-state index is 11.8. The molecule has 1 atom stereocenters. The van der Waals surface area contributed by atoms with Crippen molar-refractivity contribution in [3.05, 3.63) is 28.8 Å². The molecular formula is C17H21ClN2O4. The number of hydrogen-bond donors (Lipinski definition) is 1. The molecule has 24 heavy (non-hydrogen) atoms. The Labute approximate surface area is 146 Å². The number of nitrogens with one attached hydrogen (secondary N) is 1. The molecule has 130 valence electrons. The van der Waals surface area contributed by atoms with E-state index in [1.165, 1.54) is 0 Å². The third-order valence-corrected chi connectivity index (χ3v) is 4.06. The Kier molecular flexibility index (Phi) is 7.05. The van der Waals surface area contributed by atoms with Gasteiger partial charge in [-0.3, -0.25) is 4.79 Å². The molecule has 1 aromatic carbocycles. The maximum Gasteiger partial charge on any atom is 0.344 e. The van der Waals surface area contributed by atoms with Crippen molar-refractivity contribution >= 4 is 23.5 Å². The summed E-state index contributed by atoms with van der Waals surface area (Å²) < 4.78 is 10.1. The first kappa shape index (κ1) is 19.8. The van der Waals surface area contributed by atoms with Gasteiger partial charge >= 0.3 is 5.97 Å². The number of nitrogens with zero attached hydrogens (tertiary/aromatic N) is 1. The van der Waals surface area contributed by atoms with Crippen LogP contribution in [-0.2, 0) is 14.3 Å². The second kappa shape index (κ2) is 8.55. The van der Waals surface area contributed by atoms with E-state index in [-0.39, 0.29) is 12.5 Å². The molecule has 0 aromatic heterocycles. The van der Waals surface area contributed by atoms with Crippen LogP contribution in [0.25, 0.3) is 0 Å². The molecule has 0 saturated carbocycles. The predicted molar refractivity (Wildman–Crippen MR) is 89.6 cm³/mol. The lowest BCUT2D eigenvalue weighted by atomic mass is 9.90. The minimum absolute atomic E-state index is 0.0846. The molecule has 0 fully saturated rings. The molecule has 0 aliphatic rings. The summed E-state index contributed by atoms with van der Waals surface area (Å²) in [4.78, 5) is 23.4. The third-order valence-electron chi connectivity index (χ3n) is 3.64. The molecule has 1 amide bonds. The van der Waals surface area contributed by atoms with Gasteiger partial charge in [-0.2, -0.15) is 5.26 Å². The lowest BCUT2D eigenvalue weighted by molar-refractivity contribution is -0.150. The van der Waals surface area contributed by atoms with Gasteiger partial charge in [-0.15, -0.1) is 0 Å². The Morgan fingerprint density at radius 1 is 1.38 bits per heavy atom. The Morgan fingerprint density at radius 3 is 2.58 bits per heavy atom. The molecule has 7 heteroatoms. The highest BCUT2D eigenvalue weighted by molar-refractivity contribution is 6.31. The van der Waals surface area contributed by atoms with Crippen molar-refractivity contribution in [3.8, 4) is 11.8 Å². The molecule has 0 aliphatic carbocycles. The zero-order valence-corrected chi connectivity index (χ0v) is 14.9. The van der Waals surface area contributed by atoms with E-state index in [1.54, 1.807) is 25.1 Å². The standard InChI is InChI=1S/C17H21ClN2O4/c1-11(2)17(4,10-19)20-15(21)8-24-16(22)9-23-13-5-6-14(18)12(3)7-13/h5-7,11H,8-9H2,1-4H3,(H,20,21)/t17-/m1/s1. The Morgan fingerprint density at radius 2 is 2.04 bits per heavy atom. The van der Waals surface area contributed by atoms with Gasteiger partial charge in [0.05, 0.1) is 6.07 Å². The van der Waals surface area contributed by atoms with Crippen molar-refractivity contribution in [2.24, 2.45) is 5.92 Å². The van der Waals surface area contributed by atoms with E-state index in [2.05, 4.69) is 5.32 Å². The van der Waals surface area contributed by atoms with Crippen LogP contribution in [0.2, 0.25) is 5.02 Å². The number of ether oxygens (including phenoxy) is 2. The Hall–Kier alpha value is -2.26. The topological polar surface area (TPSA) is 88.4 Å². The minimum atomic E-state index is -1.01. The zero-order chi connectivity index (χ0) is 18.3. The van der Waals surface area contributed by atoms with E-state index >= 15 is 0 Å². The molecule has 0 radical (unpaired) electrons. The molecule has 0 spiro atoms. The average molecular weight is 353 g/mol. The number of carbonyl (C=O) groups is 2. The van der Waals surface area contributed by atoms with Gasteiger partial charge in [0.1, 0.15) is 11.3 Å². The number of hydrogen-bond acceptors (Lipinski definition) is 5.